The molecule has 0 aromatic heterocycles. The van der Waals surface area contributed by atoms with Gasteiger partial charge in [-0.05, 0) is 43.5 Å². The van der Waals surface area contributed by atoms with Crippen LogP contribution in [0.4, 0.5) is 5.69 Å². The van der Waals surface area contributed by atoms with Gasteiger partial charge >= 0.3 is 0 Å². The molecule has 0 spiro atoms. The smallest absolute Gasteiger partial charge is 0.0606 e. The number of aliphatic hydroxyl groups is 1. The molecule has 0 atom stereocenters. The Kier molecular flexibility index (Phi) is 4.63. The Hall–Kier alpha value is -1.02. The van der Waals surface area contributed by atoms with Crippen LogP contribution in [0.1, 0.15) is 25.0 Å². The first-order chi connectivity index (χ1) is 7.22. The average Bonchev–Trinajstić information content (AvgIpc) is 2.27. The number of likely N-dealkylation sites (N-methyl/N-ethyl adjacent to an activating group) is 1. The van der Waals surface area contributed by atoms with Crippen molar-refractivity contribution in [1.82, 2.24) is 0 Å². The Balaban J connectivity index is 2.92. The Labute approximate surface area is 92.5 Å². The number of benzene rings is 1. The van der Waals surface area contributed by atoms with E-state index >= 15 is 0 Å². The largest absolute Gasteiger partial charge is 0.395 e. The molecule has 0 aliphatic rings. The molecule has 0 bridgehead atoms. The van der Waals surface area contributed by atoms with Crippen LogP contribution in [0.25, 0.3) is 0 Å². The van der Waals surface area contributed by atoms with Crippen LogP contribution in [0.5, 0.6) is 0 Å². The molecule has 0 heterocycles. The van der Waals surface area contributed by atoms with Crippen molar-refractivity contribution in [3.05, 3.63) is 29.3 Å². The summed E-state index contributed by atoms with van der Waals surface area (Å²) in [6.45, 7) is 8.29. The summed E-state index contributed by atoms with van der Waals surface area (Å²) in [5.41, 5.74) is 3.96. The second-order valence-electron chi connectivity index (χ2n) is 3.77. The number of aliphatic hydroxyl groups excluding tert-OH is 1. The van der Waals surface area contributed by atoms with Gasteiger partial charge in [-0.15, -0.1) is 0 Å². The number of hydrogen-bond donors (Lipinski definition) is 1. The lowest BCUT2D eigenvalue weighted by molar-refractivity contribution is 0.302. The first-order valence-corrected chi connectivity index (χ1v) is 5.68. The van der Waals surface area contributed by atoms with Gasteiger partial charge in [0, 0.05) is 18.8 Å². The molecule has 0 fully saturated rings. The quantitative estimate of drug-likeness (QED) is 0.801. The van der Waals surface area contributed by atoms with Gasteiger partial charge in [0.05, 0.1) is 6.61 Å². The topological polar surface area (TPSA) is 23.5 Å². The third-order valence-corrected chi connectivity index (χ3v) is 2.83. The molecule has 2 heteroatoms. The van der Waals surface area contributed by atoms with E-state index in [0.29, 0.717) is 6.54 Å². The molecule has 0 radical (unpaired) electrons. The number of aryl methyl sites for hydroxylation is 2. The summed E-state index contributed by atoms with van der Waals surface area (Å²) in [6.07, 6.45) is 1.07. The fraction of sp³-hybridized carbons (Fsp3) is 0.538. The minimum Gasteiger partial charge on any atom is -0.395 e. The van der Waals surface area contributed by atoms with Crippen LogP contribution < -0.4 is 4.90 Å². The van der Waals surface area contributed by atoms with Crippen LogP contribution in [-0.2, 0) is 6.42 Å². The van der Waals surface area contributed by atoms with Gasteiger partial charge in [-0.25, -0.2) is 0 Å². The van der Waals surface area contributed by atoms with Crippen molar-refractivity contribution in [2.24, 2.45) is 0 Å². The minimum absolute atomic E-state index is 0.211. The predicted molar refractivity (Wildman–Crippen MR) is 65.5 cm³/mol. The molecule has 1 aromatic rings. The summed E-state index contributed by atoms with van der Waals surface area (Å²) in [5, 5.41) is 8.97. The van der Waals surface area contributed by atoms with Crippen molar-refractivity contribution >= 4 is 5.69 Å². The standard InChI is InChI=1S/C13H21NO/c1-4-12-10-13(7-6-11(12)3)14(5-2)8-9-15/h6-7,10,15H,4-5,8-9H2,1-3H3. The maximum atomic E-state index is 8.97. The average molecular weight is 207 g/mol. The molecule has 15 heavy (non-hydrogen) atoms. The molecule has 2 nitrogen and oxygen atoms in total. The van der Waals surface area contributed by atoms with Crippen molar-refractivity contribution in [3.63, 3.8) is 0 Å². The summed E-state index contributed by atoms with van der Waals surface area (Å²) >= 11 is 0. The lowest BCUT2D eigenvalue weighted by Gasteiger charge is -2.23. The number of hydrogen-bond acceptors (Lipinski definition) is 2. The molecule has 0 saturated heterocycles. The molecule has 1 aromatic carbocycles. The fourth-order valence-electron chi connectivity index (χ4n) is 1.83. The number of rotatable bonds is 5. The normalized spacial score (nSPS) is 10.4. The molecule has 0 aliphatic heterocycles. The Morgan fingerprint density at radius 1 is 1.27 bits per heavy atom. The van der Waals surface area contributed by atoms with E-state index in [2.05, 4.69) is 43.9 Å². The van der Waals surface area contributed by atoms with Crippen molar-refractivity contribution < 1.29 is 5.11 Å². The first kappa shape index (κ1) is 12.1. The van der Waals surface area contributed by atoms with Crippen molar-refractivity contribution in [2.75, 3.05) is 24.6 Å². The van der Waals surface area contributed by atoms with Crippen LogP contribution in [-0.4, -0.2) is 24.8 Å². The minimum atomic E-state index is 0.211. The van der Waals surface area contributed by atoms with E-state index in [4.69, 9.17) is 5.11 Å². The molecule has 0 amide bonds. The van der Waals surface area contributed by atoms with Gasteiger partial charge in [0.1, 0.15) is 0 Å². The van der Waals surface area contributed by atoms with E-state index in [9.17, 15) is 0 Å². The number of anilines is 1. The summed E-state index contributed by atoms with van der Waals surface area (Å²) in [7, 11) is 0. The SMILES string of the molecule is CCc1cc(N(CC)CCO)ccc1C. The zero-order valence-electron chi connectivity index (χ0n) is 9.95. The van der Waals surface area contributed by atoms with Crippen LogP contribution in [0.3, 0.4) is 0 Å². The van der Waals surface area contributed by atoms with Gasteiger partial charge in [0.2, 0.25) is 0 Å². The summed E-state index contributed by atoms with van der Waals surface area (Å²) in [4.78, 5) is 2.19. The van der Waals surface area contributed by atoms with E-state index in [1.54, 1.807) is 0 Å². The molecule has 1 rings (SSSR count). The highest BCUT2D eigenvalue weighted by Crippen LogP contribution is 2.19. The van der Waals surface area contributed by atoms with Crippen LogP contribution in [0, 0.1) is 6.92 Å². The molecule has 0 aliphatic carbocycles. The van der Waals surface area contributed by atoms with Crippen molar-refractivity contribution in [2.45, 2.75) is 27.2 Å². The van der Waals surface area contributed by atoms with E-state index in [1.807, 2.05) is 0 Å². The highest BCUT2D eigenvalue weighted by Gasteiger charge is 2.05. The summed E-state index contributed by atoms with van der Waals surface area (Å²) in [6, 6.07) is 6.52. The van der Waals surface area contributed by atoms with Gasteiger partial charge in [0.15, 0.2) is 0 Å². The predicted octanol–water partition coefficient (Wildman–Crippen LogP) is 2.38. The second-order valence-corrected chi connectivity index (χ2v) is 3.77. The fourth-order valence-corrected chi connectivity index (χ4v) is 1.83. The summed E-state index contributed by atoms with van der Waals surface area (Å²) < 4.78 is 0. The molecular weight excluding hydrogens is 186 g/mol. The van der Waals surface area contributed by atoms with E-state index < -0.39 is 0 Å². The Morgan fingerprint density at radius 2 is 2.00 bits per heavy atom. The van der Waals surface area contributed by atoms with Crippen LogP contribution in [0.2, 0.25) is 0 Å². The lowest BCUT2D eigenvalue weighted by atomic mass is 10.1. The third kappa shape index (κ3) is 2.96. The van der Waals surface area contributed by atoms with E-state index in [0.717, 1.165) is 13.0 Å². The molecule has 84 valence electrons. The van der Waals surface area contributed by atoms with Crippen molar-refractivity contribution in [3.8, 4) is 0 Å². The van der Waals surface area contributed by atoms with Crippen molar-refractivity contribution in [1.29, 1.82) is 0 Å². The van der Waals surface area contributed by atoms with E-state index in [1.165, 1.54) is 16.8 Å². The number of nitrogens with zero attached hydrogens (tertiary/aromatic N) is 1. The zero-order valence-corrected chi connectivity index (χ0v) is 9.95. The molecule has 1 N–H and O–H groups in total. The highest BCUT2D eigenvalue weighted by atomic mass is 16.3. The monoisotopic (exact) mass is 207 g/mol. The van der Waals surface area contributed by atoms with E-state index in [-0.39, 0.29) is 6.61 Å². The zero-order chi connectivity index (χ0) is 11.3. The van der Waals surface area contributed by atoms with Gasteiger partial charge in [-0.3, -0.25) is 0 Å². The van der Waals surface area contributed by atoms with Crippen LogP contribution in [0.15, 0.2) is 18.2 Å². The van der Waals surface area contributed by atoms with Crippen LogP contribution >= 0.6 is 0 Å². The first-order valence-electron chi connectivity index (χ1n) is 5.68. The van der Waals surface area contributed by atoms with Gasteiger partial charge in [-0.2, -0.15) is 0 Å². The summed E-state index contributed by atoms with van der Waals surface area (Å²) in [5.74, 6) is 0. The maximum Gasteiger partial charge on any atom is 0.0606 e. The Bertz CT molecular complexity index is 309. The molecule has 0 unspecified atom stereocenters. The maximum absolute atomic E-state index is 8.97. The lowest BCUT2D eigenvalue weighted by Crippen LogP contribution is -2.26. The second kappa shape index (κ2) is 5.76. The Morgan fingerprint density at radius 3 is 2.53 bits per heavy atom. The molecular formula is C13H21NO. The van der Waals surface area contributed by atoms with Gasteiger partial charge in [-0.1, -0.05) is 13.0 Å². The van der Waals surface area contributed by atoms with Gasteiger partial charge in [0.25, 0.3) is 0 Å². The molecule has 0 saturated carbocycles. The highest BCUT2D eigenvalue weighted by molar-refractivity contribution is 5.50. The third-order valence-electron chi connectivity index (χ3n) is 2.83. The van der Waals surface area contributed by atoms with Gasteiger partial charge < -0.3 is 10.0 Å².